The Labute approximate surface area is 159 Å². The van der Waals surface area contributed by atoms with Gasteiger partial charge in [-0.2, -0.15) is 11.8 Å². The maximum absolute atomic E-state index is 11.7. The molecule has 0 amide bonds. The van der Waals surface area contributed by atoms with Gasteiger partial charge in [0.15, 0.2) is 5.96 Å². The normalized spacial score (nSPS) is 17.3. The number of nitrogens with zero attached hydrogens (tertiary/aromatic N) is 2. The van der Waals surface area contributed by atoms with Crippen LogP contribution in [0.1, 0.15) is 23.7 Å². The Balaban J connectivity index is 1.91. The molecule has 7 heteroatoms. The van der Waals surface area contributed by atoms with E-state index in [1.807, 2.05) is 18.2 Å². The first-order valence-corrected chi connectivity index (χ1v) is 10.1. The molecule has 0 saturated carbocycles. The van der Waals surface area contributed by atoms with E-state index in [0.29, 0.717) is 5.25 Å². The van der Waals surface area contributed by atoms with Gasteiger partial charge in [0, 0.05) is 37.0 Å². The van der Waals surface area contributed by atoms with E-state index >= 15 is 0 Å². The summed E-state index contributed by atoms with van der Waals surface area (Å²) < 4.78 is 4.85. The molecule has 0 spiro atoms. The van der Waals surface area contributed by atoms with Crippen molar-refractivity contribution in [2.75, 3.05) is 40.0 Å². The number of nitrogens with one attached hydrogen (secondary N) is 1. The number of aliphatic imine (C=N–C) groups is 1. The summed E-state index contributed by atoms with van der Waals surface area (Å²) in [6.07, 6.45) is 3.69. The molecule has 138 valence electrons. The fourth-order valence-electron chi connectivity index (χ4n) is 3.05. The number of halogens is 1. The molecular formula is C18H26ClN3O2S. The highest BCUT2D eigenvalue weighted by Gasteiger charge is 2.27. The number of likely N-dealkylation sites (tertiary alicyclic amines) is 1. The minimum absolute atomic E-state index is 0.00441. The number of piperidine rings is 1. The quantitative estimate of drug-likeness (QED) is 0.480. The van der Waals surface area contributed by atoms with Crippen molar-refractivity contribution in [1.29, 1.82) is 0 Å². The highest BCUT2D eigenvalue weighted by atomic mass is 35.5. The van der Waals surface area contributed by atoms with Crippen LogP contribution < -0.4 is 5.32 Å². The van der Waals surface area contributed by atoms with Crippen LogP contribution in [0.2, 0.25) is 5.02 Å². The van der Waals surface area contributed by atoms with Crippen LogP contribution in [0.3, 0.4) is 0 Å². The summed E-state index contributed by atoms with van der Waals surface area (Å²) in [5, 5.41) is 4.51. The standard InChI is InChI=1S/C18H26ClN3O2S/c1-20-18(22-9-7-13(8-10-22)17(23)24-2)21-12-16(25-3)14-5-4-6-15(19)11-14/h4-6,11,13,16H,7-10,12H2,1-3H3,(H,20,21). The molecule has 5 nitrogen and oxygen atoms in total. The number of benzene rings is 1. The third kappa shape index (κ3) is 5.54. The summed E-state index contributed by atoms with van der Waals surface area (Å²) in [5.41, 5.74) is 1.20. The molecule has 0 radical (unpaired) electrons. The molecule has 1 aromatic rings. The van der Waals surface area contributed by atoms with E-state index in [0.717, 1.165) is 43.5 Å². The zero-order chi connectivity index (χ0) is 18.2. The van der Waals surface area contributed by atoms with Crippen LogP contribution >= 0.6 is 23.4 Å². The van der Waals surface area contributed by atoms with Gasteiger partial charge in [0.05, 0.1) is 13.0 Å². The number of ether oxygens (including phenoxy) is 1. The zero-order valence-corrected chi connectivity index (χ0v) is 16.6. The van der Waals surface area contributed by atoms with Gasteiger partial charge in [-0.25, -0.2) is 0 Å². The molecule has 0 aliphatic carbocycles. The highest BCUT2D eigenvalue weighted by molar-refractivity contribution is 7.98. The summed E-state index contributed by atoms with van der Waals surface area (Å²) in [7, 11) is 3.25. The number of thioether (sulfide) groups is 1. The van der Waals surface area contributed by atoms with Gasteiger partial charge in [0.25, 0.3) is 0 Å². The predicted molar refractivity (Wildman–Crippen MR) is 105 cm³/mol. The number of rotatable bonds is 5. The average molecular weight is 384 g/mol. The van der Waals surface area contributed by atoms with E-state index in [1.54, 1.807) is 18.8 Å². The first kappa shape index (κ1) is 19.9. The lowest BCUT2D eigenvalue weighted by Gasteiger charge is -2.33. The SMILES string of the molecule is CN=C(NCC(SC)c1cccc(Cl)c1)N1CCC(C(=O)OC)CC1. The molecule has 1 N–H and O–H groups in total. The Morgan fingerprint density at radius 1 is 1.48 bits per heavy atom. The van der Waals surface area contributed by atoms with Crippen LogP contribution in [0, 0.1) is 5.92 Å². The molecule has 1 fully saturated rings. The lowest BCUT2D eigenvalue weighted by molar-refractivity contribution is -0.146. The maximum atomic E-state index is 11.7. The smallest absolute Gasteiger partial charge is 0.308 e. The second-order valence-electron chi connectivity index (χ2n) is 5.99. The van der Waals surface area contributed by atoms with Crippen LogP contribution in [0.25, 0.3) is 0 Å². The van der Waals surface area contributed by atoms with Crippen molar-refractivity contribution in [2.24, 2.45) is 10.9 Å². The van der Waals surface area contributed by atoms with Gasteiger partial charge < -0.3 is 15.0 Å². The number of hydrogen-bond acceptors (Lipinski definition) is 4. The minimum Gasteiger partial charge on any atom is -0.469 e. The molecule has 1 aliphatic heterocycles. The van der Waals surface area contributed by atoms with Crippen molar-refractivity contribution in [3.63, 3.8) is 0 Å². The number of esters is 1. The fourth-order valence-corrected chi connectivity index (χ4v) is 3.92. The van der Waals surface area contributed by atoms with Crippen molar-refractivity contribution < 1.29 is 9.53 Å². The Morgan fingerprint density at radius 2 is 2.20 bits per heavy atom. The van der Waals surface area contributed by atoms with Gasteiger partial charge in [-0.05, 0) is 36.8 Å². The first-order chi connectivity index (χ1) is 12.1. The largest absolute Gasteiger partial charge is 0.469 e. The van der Waals surface area contributed by atoms with E-state index in [1.165, 1.54) is 12.7 Å². The summed E-state index contributed by atoms with van der Waals surface area (Å²) >= 11 is 7.89. The molecule has 25 heavy (non-hydrogen) atoms. The molecule has 1 aromatic carbocycles. The molecule has 0 aromatic heterocycles. The molecule has 1 unspecified atom stereocenters. The van der Waals surface area contributed by atoms with Crippen LogP contribution in [0.15, 0.2) is 29.3 Å². The Kier molecular flexibility index (Phi) is 7.90. The molecule has 2 rings (SSSR count). The van der Waals surface area contributed by atoms with Crippen molar-refractivity contribution in [2.45, 2.75) is 18.1 Å². The lowest BCUT2D eigenvalue weighted by atomic mass is 9.97. The molecule has 1 aliphatic rings. The monoisotopic (exact) mass is 383 g/mol. The molecule has 0 bridgehead atoms. The van der Waals surface area contributed by atoms with E-state index < -0.39 is 0 Å². The van der Waals surface area contributed by atoms with E-state index in [4.69, 9.17) is 16.3 Å². The highest BCUT2D eigenvalue weighted by Crippen LogP contribution is 2.28. The summed E-state index contributed by atoms with van der Waals surface area (Å²) in [5.74, 6) is 0.778. The summed E-state index contributed by atoms with van der Waals surface area (Å²) in [4.78, 5) is 18.3. The number of hydrogen-bond donors (Lipinski definition) is 1. The molecule has 1 heterocycles. The maximum Gasteiger partial charge on any atom is 0.308 e. The van der Waals surface area contributed by atoms with Gasteiger partial charge in [-0.1, -0.05) is 23.7 Å². The van der Waals surface area contributed by atoms with Crippen LogP contribution in [-0.2, 0) is 9.53 Å². The second kappa shape index (κ2) is 9.92. The van der Waals surface area contributed by atoms with Crippen LogP contribution in [0.5, 0.6) is 0 Å². The predicted octanol–water partition coefficient (Wildman–Crippen LogP) is 3.20. The first-order valence-electron chi connectivity index (χ1n) is 8.40. The van der Waals surface area contributed by atoms with Crippen molar-refractivity contribution in [3.8, 4) is 0 Å². The van der Waals surface area contributed by atoms with Crippen molar-refractivity contribution >= 4 is 35.3 Å². The summed E-state index contributed by atoms with van der Waals surface area (Å²) in [6.45, 7) is 2.38. The molecule has 1 atom stereocenters. The third-order valence-corrected chi connectivity index (χ3v) is 5.73. The minimum atomic E-state index is -0.106. The van der Waals surface area contributed by atoms with Gasteiger partial charge in [-0.15, -0.1) is 0 Å². The number of carbonyl (C=O) groups excluding carboxylic acids is 1. The van der Waals surface area contributed by atoms with E-state index in [9.17, 15) is 4.79 Å². The van der Waals surface area contributed by atoms with Crippen LogP contribution in [0.4, 0.5) is 0 Å². The fraction of sp³-hybridized carbons (Fsp3) is 0.556. The molecule has 1 saturated heterocycles. The van der Waals surface area contributed by atoms with Gasteiger partial charge in [0.1, 0.15) is 0 Å². The number of carbonyl (C=O) groups is 1. The molecular weight excluding hydrogens is 358 g/mol. The van der Waals surface area contributed by atoms with E-state index in [-0.39, 0.29) is 11.9 Å². The summed E-state index contributed by atoms with van der Waals surface area (Å²) in [6, 6.07) is 7.97. The Morgan fingerprint density at radius 3 is 2.76 bits per heavy atom. The van der Waals surface area contributed by atoms with Gasteiger partial charge in [-0.3, -0.25) is 9.79 Å². The van der Waals surface area contributed by atoms with Gasteiger partial charge >= 0.3 is 5.97 Å². The average Bonchev–Trinajstić information content (AvgIpc) is 2.65. The second-order valence-corrected chi connectivity index (χ2v) is 7.47. The van der Waals surface area contributed by atoms with Crippen LogP contribution in [-0.4, -0.2) is 56.9 Å². The Bertz CT molecular complexity index is 604. The third-order valence-electron chi connectivity index (χ3n) is 4.49. The topological polar surface area (TPSA) is 53.9 Å². The number of guanidine groups is 1. The van der Waals surface area contributed by atoms with Gasteiger partial charge in [0.2, 0.25) is 0 Å². The lowest BCUT2D eigenvalue weighted by Crippen LogP contribution is -2.47. The Hall–Kier alpha value is -1.40. The number of methoxy groups -OCH3 is 1. The van der Waals surface area contributed by atoms with Crippen molar-refractivity contribution in [3.05, 3.63) is 34.9 Å². The van der Waals surface area contributed by atoms with Crippen molar-refractivity contribution in [1.82, 2.24) is 10.2 Å². The zero-order valence-electron chi connectivity index (χ0n) is 15.0. The van der Waals surface area contributed by atoms with E-state index in [2.05, 4.69) is 27.5 Å².